The van der Waals surface area contributed by atoms with Crippen LogP contribution in [-0.2, 0) is 4.79 Å². The molecule has 0 fully saturated rings. The molecule has 0 aliphatic heterocycles. The summed E-state index contributed by atoms with van der Waals surface area (Å²) in [5, 5.41) is 23.0. The van der Waals surface area contributed by atoms with Crippen molar-refractivity contribution in [2.75, 3.05) is 12.4 Å². The molecule has 1 aromatic carbocycles. The standard InChI is InChI=1S/C13H14N2O5/c1-20-11-4-2-3-10(12(11)15(18)19)14-9-6-5-8(7-9)13(16)17/h2-6,8-9,14H,7H2,1H3,(H,16,17). The van der Waals surface area contributed by atoms with Crippen molar-refractivity contribution in [2.45, 2.75) is 12.5 Å². The third kappa shape index (κ3) is 2.71. The van der Waals surface area contributed by atoms with Gasteiger partial charge in [-0.3, -0.25) is 14.9 Å². The van der Waals surface area contributed by atoms with Crippen LogP contribution in [0, 0.1) is 16.0 Å². The summed E-state index contributed by atoms with van der Waals surface area (Å²) >= 11 is 0. The van der Waals surface area contributed by atoms with E-state index in [1.165, 1.54) is 13.2 Å². The minimum absolute atomic E-state index is 0.151. The summed E-state index contributed by atoms with van der Waals surface area (Å²) in [6.45, 7) is 0. The number of nitrogens with one attached hydrogen (secondary N) is 1. The predicted octanol–water partition coefficient (Wildman–Crippen LogP) is 2.04. The lowest BCUT2D eigenvalue weighted by Crippen LogP contribution is -2.19. The van der Waals surface area contributed by atoms with E-state index in [1.54, 1.807) is 24.3 Å². The Hall–Kier alpha value is -2.57. The molecule has 1 aliphatic rings. The molecule has 106 valence electrons. The molecule has 2 rings (SSSR count). The van der Waals surface area contributed by atoms with Crippen LogP contribution in [0.1, 0.15) is 6.42 Å². The van der Waals surface area contributed by atoms with Gasteiger partial charge in [-0.2, -0.15) is 0 Å². The summed E-state index contributed by atoms with van der Waals surface area (Å²) < 4.78 is 4.98. The first-order valence-corrected chi connectivity index (χ1v) is 6.02. The van der Waals surface area contributed by atoms with Crippen molar-refractivity contribution in [2.24, 2.45) is 5.92 Å². The molecule has 2 atom stereocenters. The number of benzene rings is 1. The highest BCUT2D eigenvalue weighted by Crippen LogP contribution is 2.35. The number of carboxylic acid groups (broad SMARTS) is 1. The van der Waals surface area contributed by atoms with Crippen LogP contribution in [0.2, 0.25) is 0 Å². The van der Waals surface area contributed by atoms with Gasteiger partial charge in [0.15, 0.2) is 5.75 Å². The Morgan fingerprint density at radius 1 is 1.50 bits per heavy atom. The summed E-state index contributed by atoms with van der Waals surface area (Å²) in [5.74, 6) is -1.29. The fraction of sp³-hybridized carbons (Fsp3) is 0.308. The van der Waals surface area contributed by atoms with Crippen LogP contribution in [0.5, 0.6) is 5.75 Å². The number of nitro benzene ring substituents is 1. The molecule has 0 radical (unpaired) electrons. The Morgan fingerprint density at radius 2 is 2.25 bits per heavy atom. The van der Waals surface area contributed by atoms with Crippen molar-refractivity contribution in [3.05, 3.63) is 40.5 Å². The van der Waals surface area contributed by atoms with E-state index in [2.05, 4.69) is 5.32 Å². The Kier molecular flexibility index (Phi) is 3.88. The van der Waals surface area contributed by atoms with Crippen molar-refractivity contribution in [1.82, 2.24) is 0 Å². The van der Waals surface area contributed by atoms with Gasteiger partial charge >= 0.3 is 11.7 Å². The van der Waals surface area contributed by atoms with Gasteiger partial charge in [-0.1, -0.05) is 18.2 Å². The maximum absolute atomic E-state index is 11.1. The molecule has 7 nitrogen and oxygen atoms in total. The van der Waals surface area contributed by atoms with Crippen LogP contribution in [0.25, 0.3) is 0 Å². The molecule has 0 spiro atoms. The number of nitrogens with zero attached hydrogens (tertiary/aromatic N) is 1. The minimum atomic E-state index is -0.898. The number of para-hydroxylation sites is 1. The van der Waals surface area contributed by atoms with Crippen molar-refractivity contribution >= 4 is 17.3 Å². The van der Waals surface area contributed by atoms with Gasteiger partial charge in [0.1, 0.15) is 5.69 Å². The molecule has 20 heavy (non-hydrogen) atoms. The van der Waals surface area contributed by atoms with Crippen LogP contribution in [0.4, 0.5) is 11.4 Å². The Bertz CT molecular complexity index is 570. The first-order valence-electron chi connectivity index (χ1n) is 6.02. The van der Waals surface area contributed by atoms with Crippen LogP contribution in [0.3, 0.4) is 0 Å². The Morgan fingerprint density at radius 3 is 2.80 bits per heavy atom. The van der Waals surface area contributed by atoms with Crippen LogP contribution in [0.15, 0.2) is 30.4 Å². The monoisotopic (exact) mass is 278 g/mol. The largest absolute Gasteiger partial charge is 0.490 e. The van der Waals surface area contributed by atoms with E-state index < -0.39 is 16.8 Å². The SMILES string of the molecule is COc1cccc(NC2C=CC(C(=O)O)C2)c1[N+](=O)[O-]. The second-order valence-corrected chi connectivity index (χ2v) is 4.43. The van der Waals surface area contributed by atoms with Gasteiger partial charge in [-0.15, -0.1) is 0 Å². The number of aliphatic carboxylic acids is 1. The van der Waals surface area contributed by atoms with E-state index in [0.717, 1.165) is 0 Å². The van der Waals surface area contributed by atoms with E-state index in [1.807, 2.05) is 0 Å². The quantitative estimate of drug-likeness (QED) is 0.485. The summed E-state index contributed by atoms with van der Waals surface area (Å²) in [7, 11) is 1.36. The van der Waals surface area contributed by atoms with Gasteiger partial charge in [-0.05, 0) is 18.6 Å². The molecule has 1 aromatic rings. The number of anilines is 1. The third-order valence-corrected chi connectivity index (χ3v) is 3.14. The molecule has 0 bridgehead atoms. The average Bonchev–Trinajstić information content (AvgIpc) is 2.86. The van der Waals surface area contributed by atoms with Gasteiger partial charge in [0.25, 0.3) is 0 Å². The Balaban J connectivity index is 2.21. The zero-order chi connectivity index (χ0) is 14.7. The number of ether oxygens (including phenoxy) is 1. The van der Waals surface area contributed by atoms with Crippen molar-refractivity contribution in [3.63, 3.8) is 0 Å². The molecule has 0 aromatic heterocycles. The summed E-state index contributed by atoms with van der Waals surface area (Å²) in [5.41, 5.74) is 0.164. The molecule has 0 saturated heterocycles. The van der Waals surface area contributed by atoms with Crippen LogP contribution >= 0.6 is 0 Å². The lowest BCUT2D eigenvalue weighted by Gasteiger charge is -2.14. The first kappa shape index (κ1) is 13.9. The fourth-order valence-electron chi connectivity index (χ4n) is 2.18. The van der Waals surface area contributed by atoms with Gasteiger partial charge in [0, 0.05) is 6.04 Å². The lowest BCUT2D eigenvalue weighted by molar-refractivity contribution is -0.384. The second kappa shape index (κ2) is 5.60. The zero-order valence-electron chi connectivity index (χ0n) is 10.8. The van der Waals surface area contributed by atoms with Gasteiger partial charge in [0.2, 0.25) is 0 Å². The number of rotatable bonds is 5. The summed E-state index contributed by atoms with van der Waals surface area (Å²) in [6, 6.07) is 4.47. The van der Waals surface area contributed by atoms with Gasteiger partial charge in [-0.25, -0.2) is 0 Å². The van der Waals surface area contributed by atoms with Crippen LogP contribution < -0.4 is 10.1 Å². The number of carboxylic acids is 1. The van der Waals surface area contributed by atoms with Crippen molar-refractivity contribution < 1.29 is 19.6 Å². The molecule has 2 N–H and O–H groups in total. The van der Waals surface area contributed by atoms with Crippen molar-refractivity contribution in [3.8, 4) is 5.75 Å². The molecule has 0 amide bonds. The summed E-state index contributed by atoms with van der Waals surface area (Å²) in [4.78, 5) is 21.5. The molecule has 2 unspecified atom stereocenters. The first-order chi connectivity index (χ1) is 9.52. The minimum Gasteiger partial charge on any atom is -0.490 e. The number of hydrogen-bond donors (Lipinski definition) is 2. The van der Waals surface area contributed by atoms with E-state index in [-0.39, 0.29) is 17.5 Å². The smallest absolute Gasteiger partial charge is 0.333 e. The molecule has 7 heteroatoms. The predicted molar refractivity (Wildman–Crippen MR) is 71.9 cm³/mol. The molecular weight excluding hydrogens is 264 g/mol. The van der Waals surface area contributed by atoms with Crippen LogP contribution in [-0.4, -0.2) is 29.2 Å². The van der Waals surface area contributed by atoms with E-state index >= 15 is 0 Å². The zero-order valence-corrected chi connectivity index (χ0v) is 10.8. The van der Waals surface area contributed by atoms with Gasteiger partial charge in [0.05, 0.1) is 18.0 Å². The number of carbonyl (C=O) groups is 1. The fourth-order valence-corrected chi connectivity index (χ4v) is 2.18. The molecule has 0 heterocycles. The lowest BCUT2D eigenvalue weighted by atomic mass is 10.1. The number of methoxy groups -OCH3 is 1. The average molecular weight is 278 g/mol. The maximum atomic E-state index is 11.1. The van der Waals surface area contributed by atoms with E-state index in [4.69, 9.17) is 9.84 Å². The summed E-state index contributed by atoms with van der Waals surface area (Å²) in [6.07, 6.45) is 3.66. The third-order valence-electron chi connectivity index (χ3n) is 3.14. The highest BCUT2D eigenvalue weighted by atomic mass is 16.6. The van der Waals surface area contributed by atoms with Gasteiger partial charge < -0.3 is 15.2 Å². The van der Waals surface area contributed by atoms with E-state index in [0.29, 0.717) is 12.1 Å². The van der Waals surface area contributed by atoms with E-state index in [9.17, 15) is 14.9 Å². The van der Waals surface area contributed by atoms with Crippen molar-refractivity contribution in [1.29, 1.82) is 0 Å². The molecule has 1 aliphatic carbocycles. The Labute approximate surface area is 115 Å². The second-order valence-electron chi connectivity index (χ2n) is 4.43. The highest BCUT2D eigenvalue weighted by Gasteiger charge is 2.27. The topological polar surface area (TPSA) is 102 Å². The molecular formula is C13H14N2O5. The highest BCUT2D eigenvalue weighted by molar-refractivity contribution is 5.74. The molecule has 0 saturated carbocycles. The maximum Gasteiger partial charge on any atom is 0.333 e. The number of nitro groups is 1. The number of hydrogen-bond acceptors (Lipinski definition) is 5. The normalized spacial score (nSPS) is 20.6.